The zero-order valence-electron chi connectivity index (χ0n) is 12.5. The number of halogens is 2. The number of carbonyl (C=O) groups is 1. The summed E-state index contributed by atoms with van der Waals surface area (Å²) in [7, 11) is 0. The molecule has 0 radical (unpaired) electrons. The van der Waals surface area contributed by atoms with Crippen LogP contribution in [0.3, 0.4) is 0 Å². The molecule has 1 saturated heterocycles. The highest BCUT2D eigenvalue weighted by Gasteiger charge is 2.22. The summed E-state index contributed by atoms with van der Waals surface area (Å²) in [6.45, 7) is 5.43. The van der Waals surface area contributed by atoms with Crippen molar-refractivity contribution in [2.24, 2.45) is 5.92 Å². The van der Waals surface area contributed by atoms with Gasteiger partial charge in [-0.05, 0) is 44.2 Å². The maximum atomic E-state index is 13.6. The Labute approximate surface area is 124 Å². The smallest absolute Gasteiger partial charge is 0.317 e. The molecule has 2 rings (SSSR count). The summed E-state index contributed by atoms with van der Waals surface area (Å²) < 4.78 is 27.2. The van der Waals surface area contributed by atoms with Crippen LogP contribution in [0.2, 0.25) is 0 Å². The predicted molar refractivity (Wildman–Crippen MR) is 78.0 cm³/mol. The number of hydrogen-bond donors (Lipinski definition) is 1. The van der Waals surface area contributed by atoms with E-state index in [1.54, 1.807) is 11.8 Å². The Kier molecular flexibility index (Phi) is 5.15. The van der Waals surface area contributed by atoms with E-state index in [1.807, 2.05) is 0 Å². The van der Waals surface area contributed by atoms with Gasteiger partial charge in [-0.2, -0.15) is 0 Å². The molecule has 0 spiro atoms. The van der Waals surface area contributed by atoms with E-state index in [0.717, 1.165) is 25.9 Å². The minimum absolute atomic E-state index is 0.0255. The molecule has 1 atom stereocenters. The molecule has 1 aromatic carbocycles. The van der Waals surface area contributed by atoms with E-state index in [2.05, 4.69) is 12.2 Å². The quantitative estimate of drug-likeness (QED) is 0.911. The number of benzene rings is 1. The van der Waals surface area contributed by atoms with E-state index in [1.165, 1.54) is 18.2 Å². The predicted octanol–water partition coefficient (Wildman–Crippen LogP) is 3.34. The van der Waals surface area contributed by atoms with Gasteiger partial charge in [0.15, 0.2) is 0 Å². The molecule has 116 valence electrons. The van der Waals surface area contributed by atoms with E-state index in [0.29, 0.717) is 5.92 Å². The van der Waals surface area contributed by atoms with Crippen LogP contribution in [0.4, 0.5) is 13.6 Å². The number of carbonyl (C=O) groups excluding carboxylic acids is 1. The van der Waals surface area contributed by atoms with E-state index in [4.69, 9.17) is 0 Å². The highest BCUT2D eigenvalue weighted by atomic mass is 19.1. The molecule has 1 aromatic rings. The van der Waals surface area contributed by atoms with E-state index >= 15 is 0 Å². The molecule has 1 fully saturated rings. The van der Waals surface area contributed by atoms with Crippen molar-refractivity contribution in [3.05, 3.63) is 35.4 Å². The fourth-order valence-electron chi connectivity index (χ4n) is 2.60. The highest BCUT2D eigenvalue weighted by Crippen LogP contribution is 2.17. The van der Waals surface area contributed by atoms with Crippen LogP contribution in [0, 0.1) is 17.6 Å². The van der Waals surface area contributed by atoms with Crippen LogP contribution in [0.5, 0.6) is 0 Å². The molecule has 1 N–H and O–H groups in total. The van der Waals surface area contributed by atoms with Gasteiger partial charge in [0.05, 0.1) is 0 Å². The molecule has 2 amide bonds. The lowest BCUT2D eigenvalue weighted by atomic mass is 9.99. The second kappa shape index (κ2) is 6.87. The fraction of sp³-hybridized carbons (Fsp3) is 0.562. The van der Waals surface area contributed by atoms with Crippen molar-refractivity contribution in [3.8, 4) is 0 Å². The Balaban J connectivity index is 1.89. The zero-order chi connectivity index (χ0) is 15.4. The van der Waals surface area contributed by atoms with E-state index in [9.17, 15) is 13.6 Å². The van der Waals surface area contributed by atoms with E-state index < -0.39 is 11.6 Å². The van der Waals surface area contributed by atoms with Gasteiger partial charge in [-0.25, -0.2) is 13.6 Å². The van der Waals surface area contributed by atoms with Crippen molar-refractivity contribution < 1.29 is 13.6 Å². The number of likely N-dealkylation sites (tertiary alicyclic amines) is 1. The summed E-state index contributed by atoms with van der Waals surface area (Å²) >= 11 is 0. The van der Waals surface area contributed by atoms with Gasteiger partial charge in [0.2, 0.25) is 0 Å². The number of urea groups is 1. The summed E-state index contributed by atoms with van der Waals surface area (Å²) in [4.78, 5) is 13.9. The third kappa shape index (κ3) is 4.16. The topological polar surface area (TPSA) is 32.3 Å². The van der Waals surface area contributed by atoms with Gasteiger partial charge in [-0.15, -0.1) is 0 Å². The van der Waals surface area contributed by atoms with Crippen LogP contribution in [0.15, 0.2) is 18.2 Å². The minimum atomic E-state index is -0.567. The Morgan fingerprint density at radius 1 is 1.33 bits per heavy atom. The molecule has 5 heteroatoms. The highest BCUT2D eigenvalue weighted by molar-refractivity contribution is 5.74. The summed E-state index contributed by atoms with van der Waals surface area (Å²) in [6, 6.07) is 3.35. The summed E-state index contributed by atoms with van der Waals surface area (Å²) in [6.07, 6.45) is 2.15. The summed E-state index contributed by atoms with van der Waals surface area (Å²) in [5.74, 6) is -0.482. The van der Waals surface area contributed by atoms with Gasteiger partial charge >= 0.3 is 6.03 Å². The van der Waals surface area contributed by atoms with Gasteiger partial charge in [-0.1, -0.05) is 13.0 Å². The lowest BCUT2D eigenvalue weighted by molar-refractivity contribution is 0.171. The van der Waals surface area contributed by atoms with Gasteiger partial charge in [-0.3, -0.25) is 0 Å². The molecule has 3 nitrogen and oxygen atoms in total. The van der Waals surface area contributed by atoms with Crippen molar-refractivity contribution in [2.75, 3.05) is 13.1 Å². The molecule has 1 aliphatic heterocycles. The molecule has 1 unspecified atom stereocenters. The van der Waals surface area contributed by atoms with Crippen LogP contribution >= 0.6 is 0 Å². The molecule has 0 aliphatic carbocycles. The van der Waals surface area contributed by atoms with Crippen LogP contribution in [-0.2, 0) is 6.42 Å². The van der Waals surface area contributed by atoms with Gasteiger partial charge in [0.25, 0.3) is 0 Å². The molecule has 0 aromatic heterocycles. The monoisotopic (exact) mass is 296 g/mol. The minimum Gasteiger partial charge on any atom is -0.335 e. The Bertz CT molecular complexity index is 479. The third-order valence-corrected chi connectivity index (χ3v) is 4.01. The van der Waals surface area contributed by atoms with Gasteiger partial charge in [0.1, 0.15) is 11.6 Å². The van der Waals surface area contributed by atoms with Crippen LogP contribution < -0.4 is 5.32 Å². The Morgan fingerprint density at radius 3 is 2.48 bits per heavy atom. The number of hydrogen-bond acceptors (Lipinski definition) is 1. The molecular formula is C16H22F2N2O. The van der Waals surface area contributed by atoms with E-state index in [-0.39, 0.29) is 24.1 Å². The summed E-state index contributed by atoms with van der Waals surface area (Å²) in [5, 5.41) is 2.82. The number of amides is 2. The standard InChI is InChI=1S/C16H22F2N2O/c1-11-6-8-20(9-7-11)16(21)19-12(2)10-13-14(17)4-3-5-15(13)18/h3-5,11-12H,6-10H2,1-2H3,(H,19,21). The Morgan fingerprint density at radius 2 is 1.90 bits per heavy atom. The van der Waals surface area contributed by atoms with Crippen molar-refractivity contribution in [3.63, 3.8) is 0 Å². The average Bonchev–Trinajstić information content (AvgIpc) is 2.43. The normalized spacial score (nSPS) is 17.6. The van der Waals surface area contributed by atoms with Crippen LogP contribution in [0.1, 0.15) is 32.3 Å². The number of nitrogens with one attached hydrogen (secondary N) is 1. The van der Waals surface area contributed by atoms with Crippen LogP contribution in [0.25, 0.3) is 0 Å². The molecular weight excluding hydrogens is 274 g/mol. The third-order valence-electron chi connectivity index (χ3n) is 4.01. The van der Waals surface area contributed by atoms with Crippen molar-refractivity contribution >= 4 is 6.03 Å². The first-order valence-electron chi connectivity index (χ1n) is 7.45. The first kappa shape index (κ1) is 15.7. The first-order chi connectivity index (χ1) is 9.97. The Hall–Kier alpha value is -1.65. The second-order valence-electron chi connectivity index (χ2n) is 5.92. The molecule has 1 aliphatic rings. The molecule has 21 heavy (non-hydrogen) atoms. The first-order valence-corrected chi connectivity index (χ1v) is 7.45. The van der Waals surface area contributed by atoms with Gasteiger partial charge in [0, 0.05) is 24.7 Å². The van der Waals surface area contributed by atoms with Crippen molar-refractivity contribution in [1.82, 2.24) is 10.2 Å². The SMILES string of the molecule is CC1CCN(C(=O)NC(C)Cc2c(F)cccc2F)CC1. The number of nitrogens with zero attached hydrogens (tertiary/aromatic N) is 1. The fourth-order valence-corrected chi connectivity index (χ4v) is 2.60. The maximum absolute atomic E-state index is 13.6. The van der Waals surface area contributed by atoms with Crippen molar-refractivity contribution in [2.45, 2.75) is 39.2 Å². The molecule has 0 bridgehead atoms. The zero-order valence-corrected chi connectivity index (χ0v) is 12.5. The number of rotatable bonds is 3. The largest absolute Gasteiger partial charge is 0.335 e. The van der Waals surface area contributed by atoms with Crippen LogP contribution in [-0.4, -0.2) is 30.1 Å². The second-order valence-corrected chi connectivity index (χ2v) is 5.92. The molecule has 1 heterocycles. The average molecular weight is 296 g/mol. The maximum Gasteiger partial charge on any atom is 0.317 e. The number of piperidine rings is 1. The molecule has 0 saturated carbocycles. The lowest BCUT2D eigenvalue weighted by Gasteiger charge is -2.31. The lowest BCUT2D eigenvalue weighted by Crippen LogP contribution is -2.47. The summed E-state index contributed by atoms with van der Waals surface area (Å²) in [5.41, 5.74) is 0.0255. The van der Waals surface area contributed by atoms with Crippen molar-refractivity contribution in [1.29, 1.82) is 0 Å². The van der Waals surface area contributed by atoms with Gasteiger partial charge < -0.3 is 10.2 Å².